The number of nitrogen functional groups attached to an aromatic ring is 1. The van der Waals surface area contributed by atoms with Gasteiger partial charge in [-0.2, -0.15) is 0 Å². The molecule has 0 aliphatic carbocycles. The molecule has 0 aliphatic rings. The second-order valence-electron chi connectivity index (χ2n) is 3.64. The van der Waals surface area contributed by atoms with Crippen LogP contribution < -0.4 is 16.4 Å². The van der Waals surface area contributed by atoms with E-state index in [1.165, 1.54) is 18.2 Å². The molecule has 1 amide bonds. The van der Waals surface area contributed by atoms with Crippen molar-refractivity contribution >= 4 is 17.3 Å². The Hall–Kier alpha value is -2.15. The minimum atomic E-state index is -0.606. The first-order chi connectivity index (χ1) is 8.56. The number of likely N-dealkylation sites (N-methyl/N-ethyl adjacent to an activating group) is 1. The summed E-state index contributed by atoms with van der Waals surface area (Å²) in [5, 5.41) is 16.4. The Balaban J connectivity index is 2.68. The highest BCUT2D eigenvalue weighted by Crippen LogP contribution is 2.22. The van der Waals surface area contributed by atoms with E-state index in [1.54, 1.807) is 0 Å². The lowest BCUT2D eigenvalue weighted by Gasteiger charge is -2.06. The van der Waals surface area contributed by atoms with Crippen LogP contribution >= 0.6 is 0 Å². The molecular weight excluding hydrogens is 236 g/mol. The quantitative estimate of drug-likeness (QED) is 0.296. The Morgan fingerprint density at radius 1 is 1.44 bits per heavy atom. The number of nitrogens with two attached hydrogens (primary N) is 1. The first-order valence-corrected chi connectivity index (χ1v) is 5.59. The third kappa shape index (κ3) is 3.70. The lowest BCUT2D eigenvalue weighted by Crippen LogP contribution is -2.31. The summed E-state index contributed by atoms with van der Waals surface area (Å²) in [5.41, 5.74) is 5.47. The number of anilines is 1. The predicted octanol–water partition coefficient (Wildman–Crippen LogP) is 0.516. The number of hydrogen-bond acceptors (Lipinski definition) is 5. The maximum absolute atomic E-state index is 11.7. The van der Waals surface area contributed by atoms with Crippen molar-refractivity contribution in [3.05, 3.63) is 33.9 Å². The molecule has 4 N–H and O–H groups in total. The first-order valence-electron chi connectivity index (χ1n) is 5.59. The van der Waals surface area contributed by atoms with Crippen molar-refractivity contribution in [2.75, 3.05) is 25.4 Å². The molecular formula is C11H16N4O3. The van der Waals surface area contributed by atoms with Crippen molar-refractivity contribution in [3.63, 3.8) is 0 Å². The average Bonchev–Trinajstić information content (AvgIpc) is 2.34. The second-order valence-corrected chi connectivity index (χ2v) is 3.64. The molecule has 98 valence electrons. The van der Waals surface area contributed by atoms with Gasteiger partial charge < -0.3 is 16.4 Å². The van der Waals surface area contributed by atoms with Gasteiger partial charge in [-0.15, -0.1) is 0 Å². The van der Waals surface area contributed by atoms with Crippen molar-refractivity contribution in [2.45, 2.75) is 6.92 Å². The Morgan fingerprint density at radius 3 is 2.78 bits per heavy atom. The van der Waals surface area contributed by atoms with Crippen LogP contribution in [0.2, 0.25) is 0 Å². The molecule has 18 heavy (non-hydrogen) atoms. The molecule has 0 saturated carbocycles. The van der Waals surface area contributed by atoms with Gasteiger partial charge in [-0.05, 0) is 18.7 Å². The molecule has 0 saturated heterocycles. The van der Waals surface area contributed by atoms with Gasteiger partial charge in [0.1, 0.15) is 5.69 Å². The number of carbonyl (C=O) groups excluding carboxylic acids is 1. The fourth-order valence-corrected chi connectivity index (χ4v) is 1.39. The number of amides is 1. The van der Waals surface area contributed by atoms with Gasteiger partial charge in [0.25, 0.3) is 11.6 Å². The number of nitrogens with zero attached hydrogens (tertiary/aromatic N) is 1. The van der Waals surface area contributed by atoms with Gasteiger partial charge in [-0.25, -0.2) is 0 Å². The van der Waals surface area contributed by atoms with Crippen molar-refractivity contribution in [1.82, 2.24) is 10.6 Å². The molecule has 0 unspecified atom stereocenters. The standard InChI is InChI=1S/C11H16N4O3/c1-2-13-5-6-14-11(16)8-3-4-9(12)10(7-8)15(17)18/h3-4,7,13H,2,5-6,12H2,1H3,(H,14,16). The van der Waals surface area contributed by atoms with E-state index in [2.05, 4.69) is 10.6 Å². The molecule has 0 spiro atoms. The van der Waals surface area contributed by atoms with Gasteiger partial charge in [0, 0.05) is 24.7 Å². The van der Waals surface area contributed by atoms with Crippen LogP contribution in [-0.2, 0) is 0 Å². The molecule has 0 heterocycles. The smallest absolute Gasteiger partial charge is 0.292 e. The van der Waals surface area contributed by atoms with Gasteiger partial charge in [0.2, 0.25) is 0 Å². The minimum Gasteiger partial charge on any atom is -0.393 e. The highest BCUT2D eigenvalue weighted by Gasteiger charge is 2.15. The number of rotatable bonds is 6. The number of carbonyl (C=O) groups is 1. The summed E-state index contributed by atoms with van der Waals surface area (Å²) in [4.78, 5) is 21.8. The zero-order valence-corrected chi connectivity index (χ0v) is 10.1. The van der Waals surface area contributed by atoms with E-state index in [9.17, 15) is 14.9 Å². The number of hydrogen-bond donors (Lipinski definition) is 3. The normalized spacial score (nSPS) is 10.1. The van der Waals surface area contributed by atoms with Crippen molar-refractivity contribution in [1.29, 1.82) is 0 Å². The third-order valence-electron chi connectivity index (χ3n) is 2.33. The summed E-state index contributed by atoms with van der Waals surface area (Å²) in [7, 11) is 0. The molecule has 0 radical (unpaired) electrons. The molecule has 0 aromatic heterocycles. The van der Waals surface area contributed by atoms with Gasteiger partial charge in [-0.3, -0.25) is 14.9 Å². The van der Waals surface area contributed by atoms with Crippen LogP contribution in [0.5, 0.6) is 0 Å². The van der Waals surface area contributed by atoms with Crippen LogP contribution in [0.15, 0.2) is 18.2 Å². The van der Waals surface area contributed by atoms with E-state index in [0.29, 0.717) is 13.1 Å². The van der Waals surface area contributed by atoms with Crippen LogP contribution in [0.3, 0.4) is 0 Å². The Morgan fingerprint density at radius 2 is 2.17 bits per heavy atom. The summed E-state index contributed by atoms with van der Waals surface area (Å²) in [6.07, 6.45) is 0. The monoisotopic (exact) mass is 252 g/mol. The van der Waals surface area contributed by atoms with E-state index >= 15 is 0 Å². The fraction of sp³-hybridized carbons (Fsp3) is 0.364. The van der Waals surface area contributed by atoms with Crippen LogP contribution in [0.25, 0.3) is 0 Å². The third-order valence-corrected chi connectivity index (χ3v) is 2.33. The van der Waals surface area contributed by atoms with Gasteiger partial charge in [-0.1, -0.05) is 6.92 Å². The Bertz CT molecular complexity index is 448. The number of nitrogens with one attached hydrogen (secondary N) is 2. The maximum atomic E-state index is 11.7. The summed E-state index contributed by atoms with van der Waals surface area (Å²) in [6, 6.07) is 4.00. The molecule has 0 atom stereocenters. The number of nitro groups is 1. The summed E-state index contributed by atoms with van der Waals surface area (Å²) in [5.74, 6) is -0.351. The van der Waals surface area contributed by atoms with Crippen LogP contribution in [0, 0.1) is 10.1 Å². The number of benzene rings is 1. The number of nitro benzene ring substituents is 1. The van der Waals surface area contributed by atoms with Crippen molar-refractivity contribution in [2.24, 2.45) is 0 Å². The minimum absolute atomic E-state index is 0.0456. The molecule has 1 rings (SSSR count). The Kier molecular flexibility index (Phi) is 5.06. The zero-order valence-electron chi connectivity index (χ0n) is 10.1. The van der Waals surface area contributed by atoms with Crippen LogP contribution in [0.1, 0.15) is 17.3 Å². The second kappa shape index (κ2) is 6.55. The maximum Gasteiger partial charge on any atom is 0.292 e. The summed E-state index contributed by atoms with van der Waals surface area (Å²) < 4.78 is 0. The topological polar surface area (TPSA) is 110 Å². The summed E-state index contributed by atoms with van der Waals surface area (Å²) in [6.45, 7) is 3.90. The van der Waals surface area contributed by atoms with E-state index in [4.69, 9.17) is 5.73 Å². The lowest BCUT2D eigenvalue weighted by molar-refractivity contribution is -0.383. The van der Waals surface area contributed by atoms with E-state index < -0.39 is 4.92 Å². The molecule has 7 nitrogen and oxygen atoms in total. The van der Waals surface area contributed by atoms with E-state index in [-0.39, 0.29) is 22.8 Å². The van der Waals surface area contributed by atoms with E-state index in [0.717, 1.165) is 6.54 Å². The average molecular weight is 252 g/mol. The van der Waals surface area contributed by atoms with Crippen molar-refractivity contribution in [3.8, 4) is 0 Å². The van der Waals surface area contributed by atoms with Crippen LogP contribution in [0.4, 0.5) is 11.4 Å². The highest BCUT2D eigenvalue weighted by molar-refractivity contribution is 5.95. The molecule has 0 aliphatic heterocycles. The SMILES string of the molecule is CCNCCNC(=O)c1ccc(N)c([N+](=O)[O-])c1. The predicted molar refractivity (Wildman–Crippen MR) is 68.4 cm³/mol. The van der Waals surface area contributed by atoms with Gasteiger partial charge in [0.15, 0.2) is 0 Å². The van der Waals surface area contributed by atoms with Crippen LogP contribution in [-0.4, -0.2) is 30.5 Å². The zero-order chi connectivity index (χ0) is 13.5. The van der Waals surface area contributed by atoms with Gasteiger partial charge >= 0.3 is 0 Å². The highest BCUT2D eigenvalue weighted by atomic mass is 16.6. The molecule has 0 bridgehead atoms. The molecule has 1 aromatic rings. The largest absolute Gasteiger partial charge is 0.393 e. The Labute approximate surface area is 105 Å². The molecule has 7 heteroatoms. The molecule has 1 aromatic carbocycles. The summed E-state index contributed by atoms with van der Waals surface area (Å²) >= 11 is 0. The van der Waals surface area contributed by atoms with E-state index in [1.807, 2.05) is 6.92 Å². The fourth-order valence-electron chi connectivity index (χ4n) is 1.39. The molecule has 0 fully saturated rings. The first kappa shape index (κ1) is 13.9. The van der Waals surface area contributed by atoms with Crippen molar-refractivity contribution < 1.29 is 9.72 Å². The van der Waals surface area contributed by atoms with Gasteiger partial charge in [0.05, 0.1) is 4.92 Å². The lowest BCUT2D eigenvalue weighted by atomic mass is 10.1.